The highest BCUT2D eigenvalue weighted by atomic mass is 32.2. The summed E-state index contributed by atoms with van der Waals surface area (Å²) in [7, 11) is -1.30. The second-order valence-corrected chi connectivity index (χ2v) is 6.25. The molecule has 0 spiro atoms. The highest BCUT2D eigenvalue weighted by Crippen LogP contribution is 2.24. The van der Waals surface area contributed by atoms with Gasteiger partial charge in [-0.1, -0.05) is 17.7 Å². The third-order valence-electron chi connectivity index (χ3n) is 3.26. The molecule has 1 aromatic carbocycles. The van der Waals surface area contributed by atoms with Crippen molar-refractivity contribution in [1.29, 1.82) is 0 Å². The van der Waals surface area contributed by atoms with E-state index in [-0.39, 0.29) is 0 Å². The second-order valence-electron chi connectivity index (χ2n) is 5.07. The van der Waals surface area contributed by atoms with Crippen molar-refractivity contribution < 1.29 is 13.7 Å². The lowest BCUT2D eigenvalue weighted by Gasteiger charge is -2.21. The number of rotatable bonds is 6. The van der Waals surface area contributed by atoms with E-state index in [1.54, 1.807) is 6.21 Å². The minimum absolute atomic E-state index is 0.441. The zero-order valence-corrected chi connectivity index (χ0v) is 12.8. The van der Waals surface area contributed by atoms with Gasteiger partial charge >= 0.3 is 0 Å². The fraction of sp³-hybridized carbons (Fsp3) is 0.533. The topological polar surface area (TPSA) is 47.9 Å². The Hall–Kier alpha value is -1.04. The molecule has 0 aromatic heterocycles. The zero-order valence-electron chi connectivity index (χ0n) is 12.0. The van der Waals surface area contributed by atoms with E-state index in [1.807, 2.05) is 38.1 Å². The fourth-order valence-corrected chi connectivity index (χ4v) is 2.78. The predicted molar refractivity (Wildman–Crippen MR) is 80.2 cm³/mol. The van der Waals surface area contributed by atoms with Crippen LogP contribution in [0.4, 0.5) is 0 Å². The Morgan fingerprint density at radius 3 is 2.60 bits per heavy atom. The maximum absolute atomic E-state index is 11.9. The van der Waals surface area contributed by atoms with Gasteiger partial charge in [0.2, 0.25) is 0 Å². The van der Waals surface area contributed by atoms with Crippen LogP contribution in [0.3, 0.4) is 0 Å². The number of hydrogen-bond acceptors (Lipinski definition) is 3. The molecule has 0 aliphatic carbocycles. The molecule has 0 radical (unpaired) electrons. The quantitative estimate of drug-likeness (QED) is 0.598. The van der Waals surface area contributed by atoms with Crippen molar-refractivity contribution in [3.8, 4) is 0 Å². The van der Waals surface area contributed by atoms with Crippen molar-refractivity contribution in [1.82, 2.24) is 0 Å². The van der Waals surface area contributed by atoms with Gasteiger partial charge in [-0.05, 0) is 38.8 Å². The van der Waals surface area contributed by atoms with Crippen LogP contribution >= 0.6 is 0 Å². The highest BCUT2D eigenvalue weighted by Gasteiger charge is 2.29. The first-order chi connectivity index (χ1) is 9.59. The summed E-state index contributed by atoms with van der Waals surface area (Å²) >= 11 is 0. The molecule has 2 rings (SSSR count). The molecule has 110 valence electrons. The van der Waals surface area contributed by atoms with Gasteiger partial charge in [-0.25, -0.2) is 4.21 Å². The summed E-state index contributed by atoms with van der Waals surface area (Å²) in [6.45, 7) is 5.30. The van der Waals surface area contributed by atoms with Gasteiger partial charge < -0.3 is 9.47 Å². The number of nitrogens with zero attached hydrogens (tertiary/aromatic N) is 1. The third-order valence-corrected chi connectivity index (χ3v) is 4.27. The monoisotopic (exact) mass is 295 g/mol. The Kier molecular flexibility index (Phi) is 5.46. The minimum atomic E-state index is -1.30. The first-order valence-electron chi connectivity index (χ1n) is 6.88. The molecule has 0 N–H and O–H groups in total. The molecule has 1 atom stereocenters. The molecule has 4 nitrogen and oxygen atoms in total. The van der Waals surface area contributed by atoms with Crippen molar-refractivity contribution >= 4 is 17.2 Å². The van der Waals surface area contributed by atoms with E-state index in [4.69, 9.17) is 9.47 Å². The maximum Gasteiger partial charge on any atom is 0.172 e. The van der Waals surface area contributed by atoms with Gasteiger partial charge in [0.1, 0.15) is 0 Å². The molecule has 1 fully saturated rings. The lowest BCUT2D eigenvalue weighted by Crippen LogP contribution is -2.25. The van der Waals surface area contributed by atoms with Gasteiger partial charge in [-0.3, -0.25) is 0 Å². The smallest absolute Gasteiger partial charge is 0.172 e. The van der Waals surface area contributed by atoms with Gasteiger partial charge in [0.15, 0.2) is 16.8 Å². The molecular formula is C15H21NO3S. The first-order valence-corrected chi connectivity index (χ1v) is 7.99. The van der Waals surface area contributed by atoms with Gasteiger partial charge in [-0.15, -0.1) is 0 Å². The summed E-state index contributed by atoms with van der Waals surface area (Å²) in [5, 5.41) is 0. The summed E-state index contributed by atoms with van der Waals surface area (Å²) in [6, 6.07) is 7.59. The Morgan fingerprint density at radius 2 is 1.95 bits per heavy atom. The summed E-state index contributed by atoms with van der Waals surface area (Å²) in [5.41, 5.74) is 1.15. The summed E-state index contributed by atoms with van der Waals surface area (Å²) in [5.74, 6) is -0.441. The lowest BCUT2D eigenvalue weighted by molar-refractivity contribution is -0.147. The number of hydrogen-bond donors (Lipinski definition) is 0. The SMILES string of the molecule is Cc1ccc([S@](=O)/N=C/CCCC2(C)OCCO2)cc1. The Balaban J connectivity index is 1.73. The van der Waals surface area contributed by atoms with E-state index in [0.29, 0.717) is 13.2 Å². The minimum Gasteiger partial charge on any atom is -0.348 e. The molecular weight excluding hydrogens is 274 g/mol. The molecule has 0 unspecified atom stereocenters. The molecule has 1 saturated heterocycles. The fourth-order valence-electron chi connectivity index (χ4n) is 2.05. The van der Waals surface area contributed by atoms with Crippen LogP contribution in [0.2, 0.25) is 0 Å². The molecule has 0 amide bonds. The lowest BCUT2D eigenvalue weighted by atomic mass is 10.1. The van der Waals surface area contributed by atoms with Crippen LogP contribution in [0, 0.1) is 6.92 Å². The maximum atomic E-state index is 11.9. The molecule has 0 bridgehead atoms. The highest BCUT2D eigenvalue weighted by molar-refractivity contribution is 7.83. The van der Waals surface area contributed by atoms with E-state index in [1.165, 1.54) is 0 Å². The van der Waals surface area contributed by atoms with E-state index in [0.717, 1.165) is 29.7 Å². The van der Waals surface area contributed by atoms with Crippen molar-refractivity contribution in [2.75, 3.05) is 13.2 Å². The Bertz CT molecular complexity index is 478. The third kappa shape index (κ3) is 4.51. The standard InChI is InChI=1S/C15H21NO3S/c1-13-5-7-14(8-6-13)20(17)16-10-4-3-9-15(2)18-11-12-19-15/h5-8,10H,3-4,9,11-12H2,1-2H3/b16-10+/t20-/m0/s1. The predicted octanol–water partition coefficient (Wildman–Crippen LogP) is 3.02. The van der Waals surface area contributed by atoms with Crippen molar-refractivity contribution in [3.63, 3.8) is 0 Å². The molecule has 1 aromatic rings. The van der Waals surface area contributed by atoms with Gasteiger partial charge in [0.05, 0.1) is 18.1 Å². The van der Waals surface area contributed by atoms with Crippen molar-refractivity contribution in [3.05, 3.63) is 29.8 Å². The summed E-state index contributed by atoms with van der Waals surface area (Å²) < 4.78 is 27.0. The number of unbranched alkanes of at least 4 members (excludes halogenated alkanes) is 1. The molecule has 1 aliphatic rings. The van der Waals surface area contributed by atoms with E-state index >= 15 is 0 Å². The van der Waals surface area contributed by atoms with Gasteiger partial charge in [0, 0.05) is 12.6 Å². The Labute approximate surface area is 122 Å². The van der Waals surface area contributed by atoms with Crippen LogP contribution in [0.1, 0.15) is 31.7 Å². The van der Waals surface area contributed by atoms with E-state index in [9.17, 15) is 4.21 Å². The number of aryl methyl sites for hydroxylation is 1. The van der Waals surface area contributed by atoms with Crippen LogP contribution in [-0.2, 0) is 20.5 Å². The molecule has 1 aliphatic heterocycles. The van der Waals surface area contributed by atoms with Crippen LogP contribution < -0.4 is 0 Å². The molecule has 5 heteroatoms. The first kappa shape index (κ1) is 15.4. The average Bonchev–Trinajstić information content (AvgIpc) is 2.86. The van der Waals surface area contributed by atoms with E-state index < -0.39 is 16.8 Å². The summed E-state index contributed by atoms with van der Waals surface area (Å²) in [6.07, 6.45) is 4.25. The average molecular weight is 295 g/mol. The normalized spacial score (nSPS) is 19.5. The number of ether oxygens (including phenoxy) is 2. The molecule has 20 heavy (non-hydrogen) atoms. The molecule has 1 heterocycles. The van der Waals surface area contributed by atoms with Gasteiger partial charge in [-0.2, -0.15) is 4.40 Å². The largest absolute Gasteiger partial charge is 0.348 e. The van der Waals surface area contributed by atoms with E-state index in [2.05, 4.69) is 4.40 Å². The summed E-state index contributed by atoms with van der Waals surface area (Å²) in [4.78, 5) is 0.737. The van der Waals surface area contributed by atoms with Crippen LogP contribution in [0.15, 0.2) is 33.6 Å². The van der Waals surface area contributed by atoms with Crippen molar-refractivity contribution in [2.24, 2.45) is 4.40 Å². The molecule has 0 saturated carbocycles. The number of benzene rings is 1. The van der Waals surface area contributed by atoms with Gasteiger partial charge in [0.25, 0.3) is 0 Å². The zero-order chi connectivity index (χ0) is 14.4. The van der Waals surface area contributed by atoms with Crippen LogP contribution in [-0.4, -0.2) is 29.4 Å². The second kappa shape index (κ2) is 7.11. The Morgan fingerprint density at radius 1 is 1.30 bits per heavy atom. The van der Waals surface area contributed by atoms with Crippen molar-refractivity contribution in [2.45, 2.75) is 43.8 Å². The van der Waals surface area contributed by atoms with Crippen LogP contribution in [0.25, 0.3) is 0 Å². The van der Waals surface area contributed by atoms with Crippen LogP contribution in [0.5, 0.6) is 0 Å².